The van der Waals surface area contributed by atoms with Crippen molar-refractivity contribution in [1.82, 2.24) is 14.9 Å². The normalized spacial score (nSPS) is 13.9. The summed E-state index contributed by atoms with van der Waals surface area (Å²) in [6, 6.07) is 14.4. The minimum absolute atomic E-state index is 0.0803. The SMILES string of the molecule is [2H]/C(=C\C(=O)Cc1cc2c(Nc3ccc(OC([2H])([2H])c4ccccn4)c(Cl)c3)c(C#N)cnc2cc1OCC)C([2H])([2H])N(C)C. The number of fused-ring (bicyclic) bond motifs is 1. The van der Waals surface area contributed by atoms with Crippen molar-refractivity contribution in [3.05, 3.63) is 94.9 Å². The van der Waals surface area contributed by atoms with Crippen molar-refractivity contribution in [2.75, 3.05) is 32.5 Å². The highest BCUT2D eigenvalue weighted by Gasteiger charge is 2.16. The second kappa shape index (κ2) is 13.6. The lowest BCUT2D eigenvalue weighted by Gasteiger charge is -2.16. The first kappa shape index (κ1) is 22.4. The smallest absolute Gasteiger partial charge is 0.159 e. The highest BCUT2D eigenvalue weighted by atomic mass is 35.5. The molecule has 204 valence electrons. The molecular weight excluding hydrogens is 526 g/mol. The summed E-state index contributed by atoms with van der Waals surface area (Å²) in [5.41, 5.74) is 2.08. The average Bonchev–Trinajstić information content (AvgIpc) is 2.99. The summed E-state index contributed by atoms with van der Waals surface area (Å²) in [5.74, 6) is -0.0257. The molecule has 0 aliphatic carbocycles. The maximum atomic E-state index is 13.0. The Bertz CT molecular complexity index is 1800. The van der Waals surface area contributed by atoms with Crippen LogP contribution in [0.5, 0.6) is 11.5 Å². The summed E-state index contributed by atoms with van der Waals surface area (Å²) in [7, 11) is 2.96. The molecule has 4 aromatic rings. The molecule has 2 aromatic carbocycles. The quantitative estimate of drug-likeness (QED) is 0.207. The minimum atomic E-state index is -2.24. The molecule has 0 radical (unpaired) electrons. The molecule has 9 heteroatoms. The van der Waals surface area contributed by atoms with E-state index in [0.29, 0.717) is 40.2 Å². The van der Waals surface area contributed by atoms with E-state index in [-0.39, 0.29) is 28.5 Å². The van der Waals surface area contributed by atoms with E-state index in [1.54, 1.807) is 37.3 Å². The summed E-state index contributed by atoms with van der Waals surface area (Å²) in [6.45, 7) is -2.27. The fourth-order valence-corrected chi connectivity index (χ4v) is 3.95. The lowest BCUT2D eigenvalue weighted by Crippen LogP contribution is -2.11. The van der Waals surface area contributed by atoms with Crippen LogP contribution in [0, 0.1) is 11.3 Å². The molecule has 0 atom stereocenters. The number of ketones is 1. The number of nitrogens with zero attached hydrogens (tertiary/aromatic N) is 4. The van der Waals surface area contributed by atoms with Crippen LogP contribution in [-0.2, 0) is 17.8 Å². The number of carbonyl (C=O) groups excluding carboxylic acids is 1. The molecule has 8 nitrogen and oxygen atoms in total. The van der Waals surface area contributed by atoms with Gasteiger partial charge in [0.1, 0.15) is 24.1 Å². The van der Waals surface area contributed by atoms with Crippen LogP contribution in [0.2, 0.25) is 5.02 Å². The molecule has 2 aromatic heterocycles. The summed E-state index contributed by atoms with van der Waals surface area (Å²) in [6.07, 6.45) is 3.64. The lowest BCUT2D eigenvalue weighted by atomic mass is 10.0. The number of nitrogens with one attached hydrogen (secondary N) is 1. The summed E-state index contributed by atoms with van der Waals surface area (Å²) < 4.78 is 52.1. The zero-order valence-corrected chi connectivity index (χ0v) is 22.9. The summed E-state index contributed by atoms with van der Waals surface area (Å²) >= 11 is 6.48. The number of ether oxygens (including phenoxy) is 2. The first-order chi connectivity index (χ1) is 21.3. The number of rotatable bonds is 12. The topological polar surface area (TPSA) is 100 Å². The fraction of sp³-hybridized carbons (Fsp3) is 0.226. The number of carbonyl (C=O) groups is 1. The van der Waals surface area contributed by atoms with Gasteiger partial charge in [-0.2, -0.15) is 5.26 Å². The van der Waals surface area contributed by atoms with E-state index in [4.69, 9.17) is 27.9 Å². The second-order valence-corrected chi connectivity index (χ2v) is 9.10. The standard InChI is InChI=1S/C31H30ClN5O3/c1-4-39-30-17-28-26(15-21(30)14-25(38)9-7-13-37(2)3)31(22(18-33)19-35-28)36-23-10-11-29(27(32)16-23)40-20-24-8-5-6-12-34-24/h5-12,15-17,19H,4,13-14,20H2,1-3H3,(H,35,36)/b9-7+/i7D,13D2,20D2. The molecule has 0 bridgehead atoms. The highest BCUT2D eigenvalue weighted by Crippen LogP contribution is 2.36. The van der Waals surface area contributed by atoms with Gasteiger partial charge in [-0.25, -0.2) is 0 Å². The van der Waals surface area contributed by atoms with Crippen LogP contribution in [-0.4, -0.2) is 47.9 Å². The van der Waals surface area contributed by atoms with E-state index >= 15 is 0 Å². The third kappa shape index (κ3) is 7.35. The van der Waals surface area contributed by atoms with E-state index in [1.165, 1.54) is 49.6 Å². The average molecular weight is 561 g/mol. The largest absolute Gasteiger partial charge is 0.494 e. The first-order valence-electron chi connectivity index (χ1n) is 14.8. The molecule has 0 aliphatic heterocycles. The highest BCUT2D eigenvalue weighted by molar-refractivity contribution is 6.32. The van der Waals surface area contributed by atoms with Crippen LogP contribution >= 0.6 is 11.6 Å². The van der Waals surface area contributed by atoms with Crippen LogP contribution in [0.1, 0.15) is 30.6 Å². The zero-order valence-electron chi connectivity index (χ0n) is 27.2. The van der Waals surface area contributed by atoms with E-state index in [1.807, 2.05) is 0 Å². The maximum absolute atomic E-state index is 13.0. The molecule has 4 rings (SSSR count). The first-order valence-corrected chi connectivity index (χ1v) is 12.7. The number of allylic oxidation sites excluding steroid dienone is 1. The molecule has 0 aliphatic rings. The van der Waals surface area contributed by atoms with Crippen LogP contribution in [0.3, 0.4) is 0 Å². The molecule has 0 saturated heterocycles. The molecule has 0 saturated carbocycles. The molecule has 0 amide bonds. The van der Waals surface area contributed by atoms with Crippen molar-refractivity contribution in [3.63, 3.8) is 0 Å². The number of aromatic nitrogens is 2. The second-order valence-electron chi connectivity index (χ2n) is 8.70. The minimum Gasteiger partial charge on any atom is -0.494 e. The van der Waals surface area contributed by atoms with Gasteiger partial charge in [0.25, 0.3) is 0 Å². The predicted octanol–water partition coefficient (Wildman–Crippen LogP) is 6.11. The Hall–Kier alpha value is -4.45. The Labute approximate surface area is 245 Å². The maximum Gasteiger partial charge on any atom is 0.159 e. The van der Waals surface area contributed by atoms with Crippen LogP contribution in [0.25, 0.3) is 10.9 Å². The Morgan fingerprint density at radius 3 is 2.75 bits per heavy atom. The van der Waals surface area contributed by atoms with Gasteiger partial charge in [-0.1, -0.05) is 23.7 Å². The molecular formula is C31H30ClN5O3. The van der Waals surface area contributed by atoms with E-state index in [9.17, 15) is 10.1 Å². The van der Waals surface area contributed by atoms with Crippen LogP contribution in [0.15, 0.2) is 73.1 Å². The van der Waals surface area contributed by atoms with Gasteiger partial charge in [-0.15, -0.1) is 0 Å². The number of likely N-dealkylation sites (N-methyl/N-ethyl adjacent to an activating group) is 1. The third-order valence-electron chi connectivity index (χ3n) is 5.49. The monoisotopic (exact) mass is 560 g/mol. The molecule has 2 heterocycles. The fourth-order valence-electron chi connectivity index (χ4n) is 3.73. The predicted molar refractivity (Wildman–Crippen MR) is 157 cm³/mol. The number of hydrogen-bond acceptors (Lipinski definition) is 8. The molecule has 0 spiro atoms. The molecule has 40 heavy (non-hydrogen) atoms. The zero-order chi connectivity index (χ0) is 32.9. The van der Waals surface area contributed by atoms with Gasteiger partial charge < -0.3 is 19.7 Å². The Morgan fingerprint density at radius 2 is 2.05 bits per heavy atom. The van der Waals surface area contributed by atoms with Gasteiger partial charge in [0, 0.05) is 50.8 Å². The van der Waals surface area contributed by atoms with Crippen molar-refractivity contribution in [2.24, 2.45) is 0 Å². The molecule has 0 fully saturated rings. The summed E-state index contributed by atoms with van der Waals surface area (Å²) in [5, 5.41) is 13.7. The number of nitriles is 1. The van der Waals surface area contributed by atoms with Gasteiger partial charge in [0.15, 0.2) is 5.78 Å². The van der Waals surface area contributed by atoms with Crippen molar-refractivity contribution in [1.29, 1.82) is 5.26 Å². The summed E-state index contributed by atoms with van der Waals surface area (Å²) in [4.78, 5) is 22.6. The molecule has 0 unspecified atom stereocenters. The lowest BCUT2D eigenvalue weighted by molar-refractivity contribution is -0.114. The Morgan fingerprint density at radius 1 is 1.20 bits per heavy atom. The number of anilines is 2. The van der Waals surface area contributed by atoms with E-state index < -0.39 is 24.9 Å². The van der Waals surface area contributed by atoms with Crippen molar-refractivity contribution in [2.45, 2.75) is 19.9 Å². The number of hydrogen-bond donors (Lipinski definition) is 1. The van der Waals surface area contributed by atoms with Crippen molar-refractivity contribution in [3.8, 4) is 17.6 Å². The van der Waals surface area contributed by atoms with E-state index in [2.05, 4.69) is 21.4 Å². The number of benzene rings is 2. The van der Waals surface area contributed by atoms with Crippen molar-refractivity contribution < 1.29 is 21.1 Å². The van der Waals surface area contributed by atoms with Crippen LogP contribution < -0.4 is 14.8 Å². The Kier molecular flexibility index (Phi) is 7.59. The van der Waals surface area contributed by atoms with Gasteiger partial charge in [-0.3, -0.25) is 14.8 Å². The number of pyridine rings is 2. The van der Waals surface area contributed by atoms with Gasteiger partial charge in [0.05, 0.1) is 38.2 Å². The van der Waals surface area contributed by atoms with Crippen LogP contribution in [0.4, 0.5) is 11.4 Å². The van der Waals surface area contributed by atoms with Gasteiger partial charge in [0.2, 0.25) is 0 Å². The third-order valence-corrected chi connectivity index (χ3v) is 5.78. The van der Waals surface area contributed by atoms with Gasteiger partial charge in [-0.05, 0) is 63.5 Å². The van der Waals surface area contributed by atoms with Crippen molar-refractivity contribution >= 4 is 39.7 Å². The Balaban J connectivity index is 1.70. The molecule has 1 N–H and O–H groups in total. The van der Waals surface area contributed by atoms with E-state index in [0.717, 1.165) is 6.08 Å². The number of halogens is 1. The van der Waals surface area contributed by atoms with Gasteiger partial charge >= 0.3 is 0 Å².